The van der Waals surface area contributed by atoms with Crippen molar-refractivity contribution in [3.05, 3.63) is 52.4 Å². The SMILES string of the molecule is CCOC(=O)CCN(Cc1ccco1)C(=O)Nc1ccc(Br)cc1C. The molecular formula is C18H21BrN2O4. The second-order valence-electron chi connectivity index (χ2n) is 5.45. The molecule has 1 aromatic heterocycles. The van der Waals surface area contributed by atoms with Crippen molar-refractivity contribution in [3.8, 4) is 0 Å². The minimum atomic E-state index is -0.334. The molecule has 2 rings (SSSR count). The molecule has 0 saturated carbocycles. The Morgan fingerprint density at radius 1 is 1.32 bits per heavy atom. The van der Waals surface area contributed by atoms with Crippen LogP contribution < -0.4 is 5.32 Å². The number of furan rings is 1. The molecule has 6 nitrogen and oxygen atoms in total. The summed E-state index contributed by atoms with van der Waals surface area (Å²) in [5.41, 5.74) is 1.65. The molecule has 0 unspecified atom stereocenters. The van der Waals surface area contributed by atoms with E-state index in [-0.39, 0.29) is 31.5 Å². The Balaban J connectivity index is 2.06. The summed E-state index contributed by atoms with van der Waals surface area (Å²) in [6, 6.07) is 8.85. The van der Waals surface area contributed by atoms with Crippen LogP contribution in [-0.2, 0) is 16.1 Å². The number of hydrogen-bond acceptors (Lipinski definition) is 4. The first-order valence-electron chi connectivity index (χ1n) is 7.99. The number of hydrogen-bond donors (Lipinski definition) is 1. The minimum Gasteiger partial charge on any atom is -0.467 e. The van der Waals surface area contributed by atoms with Gasteiger partial charge in [-0.25, -0.2) is 4.79 Å². The van der Waals surface area contributed by atoms with Gasteiger partial charge in [0.2, 0.25) is 0 Å². The van der Waals surface area contributed by atoms with Gasteiger partial charge in [-0.1, -0.05) is 15.9 Å². The van der Waals surface area contributed by atoms with Gasteiger partial charge in [0.25, 0.3) is 0 Å². The van der Waals surface area contributed by atoms with E-state index in [0.29, 0.717) is 18.1 Å². The fourth-order valence-corrected chi connectivity index (χ4v) is 2.74. The van der Waals surface area contributed by atoms with Crippen LogP contribution in [-0.4, -0.2) is 30.1 Å². The molecule has 0 fully saturated rings. The maximum absolute atomic E-state index is 12.7. The van der Waals surface area contributed by atoms with E-state index < -0.39 is 0 Å². The summed E-state index contributed by atoms with van der Waals surface area (Å²) in [6.07, 6.45) is 1.68. The zero-order chi connectivity index (χ0) is 18.2. The van der Waals surface area contributed by atoms with Gasteiger partial charge in [-0.3, -0.25) is 4.79 Å². The van der Waals surface area contributed by atoms with Crippen molar-refractivity contribution >= 4 is 33.6 Å². The molecule has 7 heteroatoms. The summed E-state index contributed by atoms with van der Waals surface area (Å²) in [4.78, 5) is 25.8. The standard InChI is InChI=1S/C18H21BrN2O4/c1-3-24-17(22)8-9-21(12-15-5-4-10-25-15)18(23)20-16-7-6-14(19)11-13(16)2/h4-7,10-11H,3,8-9,12H2,1-2H3,(H,20,23). The summed E-state index contributed by atoms with van der Waals surface area (Å²) in [5, 5.41) is 2.88. The molecule has 134 valence electrons. The third-order valence-corrected chi connectivity index (χ3v) is 4.03. The van der Waals surface area contributed by atoms with Crippen molar-refractivity contribution in [1.82, 2.24) is 4.90 Å². The molecule has 1 heterocycles. The first-order valence-corrected chi connectivity index (χ1v) is 8.79. The molecule has 25 heavy (non-hydrogen) atoms. The van der Waals surface area contributed by atoms with E-state index in [1.54, 1.807) is 25.3 Å². The Hall–Kier alpha value is -2.28. The van der Waals surface area contributed by atoms with Crippen molar-refractivity contribution in [2.75, 3.05) is 18.5 Å². The molecule has 0 aliphatic heterocycles. The first kappa shape index (κ1) is 19.1. The molecule has 1 N–H and O–H groups in total. The van der Waals surface area contributed by atoms with Crippen LogP contribution >= 0.6 is 15.9 Å². The minimum absolute atomic E-state index is 0.126. The van der Waals surface area contributed by atoms with Crippen LogP contribution in [0, 0.1) is 6.92 Å². The van der Waals surface area contributed by atoms with Gasteiger partial charge in [0.1, 0.15) is 5.76 Å². The van der Waals surface area contributed by atoms with Crippen molar-refractivity contribution in [1.29, 1.82) is 0 Å². The average Bonchev–Trinajstić information content (AvgIpc) is 3.07. The maximum atomic E-state index is 12.7. The summed E-state index contributed by atoms with van der Waals surface area (Å²) >= 11 is 3.40. The zero-order valence-electron chi connectivity index (χ0n) is 14.3. The predicted molar refractivity (Wildman–Crippen MR) is 98.3 cm³/mol. The number of anilines is 1. The van der Waals surface area contributed by atoms with E-state index in [9.17, 15) is 9.59 Å². The molecule has 0 bridgehead atoms. The number of esters is 1. The fourth-order valence-electron chi connectivity index (χ4n) is 2.26. The largest absolute Gasteiger partial charge is 0.467 e. The highest BCUT2D eigenvalue weighted by molar-refractivity contribution is 9.10. The molecule has 0 aliphatic rings. The lowest BCUT2D eigenvalue weighted by Crippen LogP contribution is -2.36. The van der Waals surface area contributed by atoms with Gasteiger partial charge in [-0.2, -0.15) is 0 Å². The second-order valence-corrected chi connectivity index (χ2v) is 6.36. The lowest BCUT2D eigenvalue weighted by atomic mass is 10.2. The lowest BCUT2D eigenvalue weighted by molar-refractivity contribution is -0.143. The Kier molecular flexibility index (Phi) is 7.06. The number of carbonyl (C=O) groups excluding carboxylic acids is 2. The zero-order valence-corrected chi connectivity index (χ0v) is 15.8. The van der Waals surface area contributed by atoms with E-state index in [0.717, 1.165) is 10.0 Å². The number of rotatable bonds is 7. The summed E-state index contributed by atoms with van der Waals surface area (Å²) in [6.45, 7) is 4.49. The van der Waals surface area contributed by atoms with Gasteiger partial charge in [0.05, 0.1) is 25.8 Å². The normalized spacial score (nSPS) is 10.4. The summed E-state index contributed by atoms with van der Waals surface area (Å²) < 4.78 is 11.2. The number of amides is 2. The van der Waals surface area contributed by atoms with Gasteiger partial charge in [-0.05, 0) is 49.7 Å². The number of halogens is 1. The molecular weight excluding hydrogens is 388 g/mol. The van der Waals surface area contributed by atoms with Gasteiger partial charge in [0, 0.05) is 16.7 Å². The van der Waals surface area contributed by atoms with E-state index in [2.05, 4.69) is 21.2 Å². The summed E-state index contributed by atoms with van der Waals surface area (Å²) in [5.74, 6) is 0.311. The van der Waals surface area contributed by atoms with Crippen LogP contribution in [0.25, 0.3) is 0 Å². The topological polar surface area (TPSA) is 71.8 Å². The Morgan fingerprint density at radius 3 is 2.76 bits per heavy atom. The number of benzene rings is 1. The third-order valence-electron chi connectivity index (χ3n) is 3.54. The van der Waals surface area contributed by atoms with Crippen LogP contribution in [0.5, 0.6) is 0 Å². The highest BCUT2D eigenvalue weighted by Crippen LogP contribution is 2.20. The highest BCUT2D eigenvalue weighted by Gasteiger charge is 2.18. The van der Waals surface area contributed by atoms with E-state index in [1.807, 2.05) is 25.1 Å². The third kappa shape index (κ3) is 5.94. The number of aryl methyl sites for hydroxylation is 1. The van der Waals surface area contributed by atoms with Gasteiger partial charge < -0.3 is 19.4 Å². The Labute approximate surface area is 155 Å². The molecule has 0 aliphatic carbocycles. The van der Waals surface area contributed by atoms with Gasteiger partial charge in [-0.15, -0.1) is 0 Å². The second kappa shape index (κ2) is 9.27. The van der Waals surface area contributed by atoms with Gasteiger partial charge in [0.15, 0.2) is 0 Å². The van der Waals surface area contributed by atoms with Crippen LogP contribution in [0.4, 0.5) is 10.5 Å². The van der Waals surface area contributed by atoms with E-state index in [4.69, 9.17) is 9.15 Å². The molecule has 0 spiro atoms. The molecule has 2 amide bonds. The number of carbonyl (C=O) groups is 2. The quantitative estimate of drug-likeness (QED) is 0.691. The van der Waals surface area contributed by atoms with Crippen molar-refractivity contribution in [3.63, 3.8) is 0 Å². The summed E-state index contributed by atoms with van der Waals surface area (Å²) in [7, 11) is 0. The maximum Gasteiger partial charge on any atom is 0.322 e. The monoisotopic (exact) mass is 408 g/mol. The molecule has 2 aromatic rings. The smallest absolute Gasteiger partial charge is 0.322 e. The number of nitrogens with one attached hydrogen (secondary N) is 1. The average molecular weight is 409 g/mol. The van der Waals surface area contributed by atoms with E-state index in [1.165, 1.54) is 4.90 Å². The fraction of sp³-hybridized carbons (Fsp3) is 0.333. The van der Waals surface area contributed by atoms with Crippen molar-refractivity contribution in [2.45, 2.75) is 26.8 Å². The molecule has 0 saturated heterocycles. The first-order chi connectivity index (χ1) is 12.0. The number of urea groups is 1. The highest BCUT2D eigenvalue weighted by atomic mass is 79.9. The van der Waals surface area contributed by atoms with Crippen LogP contribution in [0.2, 0.25) is 0 Å². The van der Waals surface area contributed by atoms with Gasteiger partial charge >= 0.3 is 12.0 Å². The Bertz CT molecular complexity index is 716. The van der Waals surface area contributed by atoms with Crippen molar-refractivity contribution < 1.29 is 18.7 Å². The number of nitrogens with zero attached hydrogens (tertiary/aromatic N) is 1. The lowest BCUT2D eigenvalue weighted by Gasteiger charge is -2.22. The predicted octanol–water partition coefficient (Wildman–Crippen LogP) is 4.34. The van der Waals surface area contributed by atoms with Crippen LogP contribution in [0.1, 0.15) is 24.7 Å². The number of ether oxygens (including phenoxy) is 1. The molecule has 0 radical (unpaired) electrons. The molecule has 0 atom stereocenters. The Morgan fingerprint density at radius 2 is 2.12 bits per heavy atom. The van der Waals surface area contributed by atoms with E-state index >= 15 is 0 Å². The van der Waals surface area contributed by atoms with Crippen molar-refractivity contribution in [2.24, 2.45) is 0 Å². The van der Waals surface area contributed by atoms with Crippen LogP contribution in [0.3, 0.4) is 0 Å². The van der Waals surface area contributed by atoms with Crippen LogP contribution in [0.15, 0.2) is 45.5 Å². The molecule has 1 aromatic carbocycles.